The van der Waals surface area contributed by atoms with Gasteiger partial charge in [0.15, 0.2) is 0 Å². The van der Waals surface area contributed by atoms with Crippen LogP contribution in [0.25, 0.3) is 0 Å². The van der Waals surface area contributed by atoms with Crippen LogP contribution in [0, 0.1) is 5.92 Å². The number of carbonyl (C=O) groups is 2. The minimum absolute atomic E-state index is 0.141. The van der Waals surface area contributed by atoms with Gasteiger partial charge in [-0.1, -0.05) is 38.8 Å². The van der Waals surface area contributed by atoms with E-state index >= 15 is 0 Å². The summed E-state index contributed by atoms with van der Waals surface area (Å²) in [6.07, 6.45) is 3.76. The third-order valence-electron chi connectivity index (χ3n) is 6.35. The maximum atomic E-state index is 12.4. The highest BCUT2D eigenvalue weighted by atomic mass is 16.5. The lowest BCUT2D eigenvalue weighted by molar-refractivity contribution is -0.117. The average molecular weight is 417 g/mol. The van der Waals surface area contributed by atoms with Crippen LogP contribution < -0.4 is 15.5 Å². The van der Waals surface area contributed by atoms with Gasteiger partial charge in [-0.15, -0.1) is 0 Å². The van der Waals surface area contributed by atoms with Crippen LogP contribution in [0.15, 0.2) is 24.3 Å². The van der Waals surface area contributed by atoms with Gasteiger partial charge in [0, 0.05) is 50.9 Å². The summed E-state index contributed by atoms with van der Waals surface area (Å²) >= 11 is 0. The summed E-state index contributed by atoms with van der Waals surface area (Å²) in [5.74, 6) is 0.747. The Hall–Kier alpha value is -2.12. The number of hydrogen-bond acceptors (Lipinski definition) is 4. The van der Waals surface area contributed by atoms with Crippen LogP contribution in [-0.4, -0.2) is 62.3 Å². The number of anilines is 1. The van der Waals surface area contributed by atoms with Crippen LogP contribution in [-0.2, 0) is 16.1 Å². The summed E-state index contributed by atoms with van der Waals surface area (Å²) in [6.45, 7) is 9.74. The number of nitrogens with one attached hydrogen (secondary N) is 2. The maximum absolute atomic E-state index is 12.4. The number of amides is 3. The van der Waals surface area contributed by atoms with Gasteiger partial charge in [0.2, 0.25) is 5.91 Å². The number of nitrogens with zero attached hydrogens (tertiary/aromatic N) is 2. The minimum Gasteiger partial charge on any atom is -0.379 e. The van der Waals surface area contributed by atoms with Crippen LogP contribution in [0.4, 0.5) is 10.5 Å². The molecule has 1 atom stereocenters. The predicted octanol–water partition coefficient (Wildman–Crippen LogP) is 2.75. The van der Waals surface area contributed by atoms with E-state index in [2.05, 4.69) is 29.4 Å². The van der Waals surface area contributed by atoms with Crippen molar-refractivity contribution in [3.8, 4) is 0 Å². The van der Waals surface area contributed by atoms with E-state index in [0.29, 0.717) is 31.5 Å². The monoisotopic (exact) mass is 416 g/mol. The van der Waals surface area contributed by atoms with Crippen molar-refractivity contribution in [2.24, 2.45) is 5.92 Å². The van der Waals surface area contributed by atoms with Gasteiger partial charge in [-0.2, -0.15) is 0 Å². The van der Waals surface area contributed by atoms with Gasteiger partial charge in [-0.3, -0.25) is 9.69 Å². The molecular formula is C23H36N4O3. The lowest BCUT2D eigenvalue weighted by Gasteiger charge is -2.38. The molecule has 30 heavy (non-hydrogen) atoms. The highest BCUT2D eigenvalue weighted by molar-refractivity contribution is 5.95. The summed E-state index contributed by atoms with van der Waals surface area (Å²) in [4.78, 5) is 28.5. The van der Waals surface area contributed by atoms with Crippen molar-refractivity contribution < 1.29 is 14.3 Å². The Labute approximate surface area is 180 Å². The van der Waals surface area contributed by atoms with E-state index in [-0.39, 0.29) is 11.9 Å². The van der Waals surface area contributed by atoms with E-state index in [0.717, 1.165) is 63.4 Å². The second-order valence-corrected chi connectivity index (χ2v) is 8.17. The smallest absolute Gasteiger partial charge is 0.315 e. The van der Waals surface area contributed by atoms with Gasteiger partial charge >= 0.3 is 6.03 Å². The molecule has 1 aromatic carbocycles. The van der Waals surface area contributed by atoms with E-state index in [9.17, 15) is 9.59 Å². The van der Waals surface area contributed by atoms with Crippen molar-refractivity contribution in [2.75, 3.05) is 44.3 Å². The highest BCUT2D eigenvalue weighted by Gasteiger charge is 2.27. The maximum Gasteiger partial charge on any atom is 0.315 e. The molecule has 0 aromatic heterocycles. The van der Waals surface area contributed by atoms with E-state index in [4.69, 9.17) is 4.74 Å². The topological polar surface area (TPSA) is 73.9 Å². The Balaban J connectivity index is 1.47. The molecule has 3 amide bonds. The summed E-state index contributed by atoms with van der Waals surface area (Å²) in [5.41, 5.74) is 1.95. The molecular weight excluding hydrogens is 380 g/mol. The van der Waals surface area contributed by atoms with Crippen LogP contribution in [0.5, 0.6) is 0 Å². The lowest BCUT2D eigenvalue weighted by atomic mass is 9.92. The SMILES string of the molecule is CCC(CC)[C@@H](CNC(=O)NCc1ccc(N2CCCC2=O)cc1)N1CCOCC1. The Morgan fingerprint density at radius 1 is 1.07 bits per heavy atom. The average Bonchev–Trinajstić information content (AvgIpc) is 3.22. The molecule has 2 heterocycles. The van der Waals surface area contributed by atoms with E-state index in [1.807, 2.05) is 29.2 Å². The van der Waals surface area contributed by atoms with Crippen LogP contribution >= 0.6 is 0 Å². The van der Waals surface area contributed by atoms with Gasteiger partial charge in [-0.05, 0) is 30.0 Å². The van der Waals surface area contributed by atoms with Crippen LogP contribution in [0.3, 0.4) is 0 Å². The van der Waals surface area contributed by atoms with E-state index < -0.39 is 0 Å². The quantitative estimate of drug-likeness (QED) is 0.649. The first-order chi connectivity index (χ1) is 14.6. The van der Waals surface area contributed by atoms with Gasteiger partial charge in [-0.25, -0.2) is 4.79 Å². The van der Waals surface area contributed by atoms with Gasteiger partial charge < -0.3 is 20.3 Å². The molecule has 0 unspecified atom stereocenters. The number of benzene rings is 1. The Morgan fingerprint density at radius 2 is 1.77 bits per heavy atom. The van der Waals surface area contributed by atoms with Gasteiger partial charge in [0.05, 0.1) is 13.2 Å². The van der Waals surface area contributed by atoms with Crippen molar-refractivity contribution in [2.45, 2.75) is 52.1 Å². The second-order valence-electron chi connectivity index (χ2n) is 8.17. The van der Waals surface area contributed by atoms with E-state index in [1.54, 1.807) is 0 Å². The molecule has 3 rings (SSSR count). The molecule has 7 nitrogen and oxygen atoms in total. The zero-order chi connectivity index (χ0) is 21.3. The summed E-state index contributed by atoms with van der Waals surface area (Å²) in [6, 6.07) is 8.06. The van der Waals surface area contributed by atoms with Crippen LogP contribution in [0.1, 0.15) is 45.1 Å². The zero-order valence-electron chi connectivity index (χ0n) is 18.4. The molecule has 0 spiro atoms. The fraction of sp³-hybridized carbons (Fsp3) is 0.652. The normalized spacial score (nSPS) is 18.6. The number of morpholine rings is 1. The second kappa shape index (κ2) is 11.3. The number of ether oxygens (including phenoxy) is 1. The molecule has 2 N–H and O–H groups in total. The van der Waals surface area contributed by atoms with E-state index in [1.165, 1.54) is 0 Å². The Morgan fingerprint density at radius 3 is 2.37 bits per heavy atom. The predicted molar refractivity (Wildman–Crippen MR) is 119 cm³/mol. The van der Waals surface area contributed by atoms with Crippen LogP contribution in [0.2, 0.25) is 0 Å². The minimum atomic E-state index is -0.141. The van der Waals surface area contributed by atoms with Gasteiger partial charge in [0.1, 0.15) is 0 Å². The molecule has 0 radical (unpaired) electrons. The molecule has 1 aromatic rings. The molecule has 7 heteroatoms. The molecule has 0 aliphatic carbocycles. The number of carbonyl (C=O) groups excluding carboxylic acids is 2. The molecule has 166 valence electrons. The Bertz CT molecular complexity index is 684. The number of hydrogen-bond donors (Lipinski definition) is 2. The van der Waals surface area contributed by atoms with Crippen molar-refractivity contribution in [3.05, 3.63) is 29.8 Å². The molecule has 0 bridgehead atoms. The van der Waals surface area contributed by atoms with Gasteiger partial charge in [0.25, 0.3) is 0 Å². The van der Waals surface area contributed by atoms with Crippen molar-refractivity contribution in [1.29, 1.82) is 0 Å². The van der Waals surface area contributed by atoms with Crippen molar-refractivity contribution in [1.82, 2.24) is 15.5 Å². The standard InChI is InChI=1S/C23H36N4O3/c1-3-19(4-2)21(26-12-14-30-15-13-26)17-25-23(29)24-16-18-7-9-20(10-8-18)27-11-5-6-22(27)28/h7-10,19,21H,3-6,11-17H2,1-2H3,(H2,24,25,29)/t21-/m1/s1. The fourth-order valence-corrected chi connectivity index (χ4v) is 4.49. The van der Waals surface area contributed by atoms with Crippen molar-refractivity contribution >= 4 is 17.6 Å². The first-order valence-electron chi connectivity index (χ1n) is 11.3. The molecule has 0 saturated carbocycles. The fourth-order valence-electron chi connectivity index (χ4n) is 4.49. The Kier molecular flexibility index (Phi) is 8.51. The zero-order valence-corrected chi connectivity index (χ0v) is 18.4. The first kappa shape index (κ1) is 22.6. The molecule has 2 saturated heterocycles. The largest absolute Gasteiger partial charge is 0.379 e. The lowest BCUT2D eigenvalue weighted by Crippen LogP contribution is -2.53. The number of urea groups is 1. The first-order valence-corrected chi connectivity index (χ1v) is 11.3. The summed E-state index contributed by atoms with van der Waals surface area (Å²) in [5, 5.41) is 6.03. The molecule has 2 aliphatic heterocycles. The third kappa shape index (κ3) is 5.95. The highest BCUT2D eigenvalue weighted by Crippen LogP contribution is 2.22. The molecule has 2 aliphatic rings. The molecule has 2 fully saturated rings. The number of rotatable bonds is 9. The van der Waals surface area contributed by atoms with Crippen molar-refractivity contribution in [3.63, 3.8) is 0 Å². The summed E-state index contributed by atoms with van der Waals surface area (Å²) in [7, 11) is 0. The summed E-state index contributed by atoms with van der Waals surface area (Å²) < 4.78 is 5.49. The third-order valence-corrected chi connectivity index (χ3v) is 6.35.